The second kappa shape index (κ2) is 6.14. The third kappa shape index (κ3) is 3.21. The molecule has 1 aromatic heterocycles. The van der Waals surface area contributed by atoms with E-state index in [1.807, 2.05) is 30.3 Å². The SMILES string of the molecule is Clc1ccc(OCc2nc3ccccc3n2CC2CC2(Cl)Cl)cc1. The minimum absolute atomic E-state index is 0.243. The van der Waals surface area contributed by atoms with Crippen LogP contribution in [0.3, 0.4) is 0 Å². The average molecular weight is 382 g/mol. The molecule has 0 bridgehead atoms. The number of aromatic nitrogens is 2. The van der Waals surface area contributed by atoms with E-state index in [4.69, 9.17) is 44.5 Å². The molecule has 24 heavy (non-hydrogen) atoms. The van der Waals surface area contributed by atoms with E-state index in [9.17, 15) is 0 Å². The molecule has 6 heteroatoms. The van der Waals surface area contributed by atoms with Gasteiger partial charge in [-0.1, -0.05) is 23.7 Å². The lowest BCUT2D eigenvalue weighted by atomic mass is 10.3. The Bertz CT molecular complexity index is 874. The van der Waals surface area contributed by atoms with Crippen LogP contribution in [0.25, 0.3) is 11.0 Å². The Morgan fingerprint density at radius 3 is 2.54 bits per heavy atom. The molecule has 0 spiro atoms. The van der Waals surface area contributed by atoms with Crippen LogP contribution in [0.5, 0.6) is 5.75 Å². The monoisotopic (exact) mass is 380 g/mol. The lowest BCUT2D eigenvalue weighted by Crippen LogP contribution is -2.10. The Morgan fingerprint density at radius 2 is 1.83 bits per heavy atom. The summed E-state index contributed by atoms with van der Waals surface area (Å²) in [7, 11) is 0. The van der Waals surface area contributed by atoms with Gasteiger partial charge in [0.05, 0.1) is 11.0 Å². The fourth-order valence-corrected chi connectivity index (χ4v) is 3.44. The van der Waals surface area contributed by atoms with Crippen LogP contribution in [0.2, 0.25) is 5.02 Å². The molecule has 3 aromatic rings. The van der Waals surface area contributed by atoms with Gasteiger partial charge in [-0.25, -0.2) is 4.98 Å². The molecule has 1 heterocycles. The van der Waals surface area contributed by atoms with Gasteiger partial charge < -0.3 is 9.30 Å². The zero-order valence-corrected chi connectivity index (χ0v) is 15.0. The molecule has 1 unspecified atom stereocenters. The van der Waals surface area contributed by atoms with Gasteiger partial charge in [0.1, 0.15) is 22.5 Å². The predicted molar refractivity (Wildman–Crippen MR) is 98.1 cm³/mol. The smallest absolute Gasteiger partial charge is 0.148 e. The molecule has 0 saturated heterocycles. The maximum atomic E-state index is 6.20. The number of imidazole rings is 1. The third-order valence-electron chi connectivity index (χ3n) is 4.27. The van der Waals surface area contributed by atoms with Crippen LogP contribution in [0.1, 0.15) is 12.2 Å². The van der Waals surface area contributed by atoms with Crippen molar-refractivity contribution in [3.8, 4) is 5.75 Å². The molecule has 1 aliphatic rings. The summed E-state index contributed by atoms with van der Waals surface area (Å²) in [5.41, 5.74) is 2.02. The van der Waals surface area contributed by atoms with Gasteiger partial charge in [-0.05, 0) is 42.8 Å². The van der Waals surface area contributed by atoms with Crippen molar-refractivity contribution in [3.05, 3.63) is 59.4 Å². The highest BCUT2D eigenvalue weighted by molar-refractivity contribution is 6.50. The Hall–Kier alpha value is -1.42. The lowest BCUT2D eigenvalue weighted by Gasteiger charge is -2.11. The summed E-state index contributed by atoms with van der Waals surface area (Å²) in [4.78, 5) is 4.70. The number of ether oxygens (including phenoxy) is 1. The molecule has 0 N–H and O–H groups in total. The van der Waals surface area contributed by atoms with Gasteiger partial charge in [0.25, 0.3) is 0 Å². The van der Waals surface area contributed by atoms with E-state index in [1.54, 1.807) is 12.1 Å². The maximum absolute atomic E-state index is 6.20. The van der Waals surface area contributed by atoms with Crippen LogP contribution >= 0.6 is 34.8 Å². The molecule has 1 saturated carbocycles. The van der Waals surface area contributed by atoms with E-state index >= 15 is 0 Å². The predicted octanol–water partition coefficient (Wildman–Crippen LogP) is 5.46. The third-order valence-corrected chi connectivity index (χ3v) is 5.45. The molecule has 1 atom stereocenters. The summed E-state index contributed by atoms with van der Waals surface area (Å²) >= 11 is 18.3. The number of para-hydroxylation sites is 2. The highest BCUT2D eigenvalue weighted by Crippen LogP contribution is 2.54. The first kappa shape index (κ1) is 16.1. The van der Waals surface area contributed by atoms with E-state index in [0.29, 0.717) is 11.6 Å². The first-order valence-corrected chi connectivity index (χ1v) is 8.87. The minimum atomic E-state index is -0.611. The van der Waals surface area contributed by atoms with Gasteiger partial charge in [0.15, 0.2) is 0 Å². The van der Waals surface area contributed by atoms with Crippen molar-refractivity contribution >= 4 is 45.8 Å². The quantitative estimate of drug-likeness (QED) is 0.548. The number of nitrogens with zero attached hydrogens (tertiary/aromatic N) is 2. The molecule has 0 amide bonds. The zero-order chi connectivity index (χ0) is 16.7. The zero-order valence-electron chi connectivity index (χ0n) is 12.8. The molecule has 4 rings (SSSR count). The number of hydrogen-bond acceptors (Lipinski definition) is 2. The minimum Gasteiger partial charge on any atom is -0.486 e. The normalized spacial score (nSPS) is 18.7. The van der Waals surface area contributed by atoms with Crippen LogP contribution in [0.15, 0.2) is 48.5 Å². The summed E-state index contributed by atoms with van der Waals surface area (Å²) < 4.78 is 7.41. The van der Waals surface area contributed by atoms with Crippen molar-refractivity contribution in [2.24, 2.45) is 5.92 Å². The first-order valence-electron chi connectivity index (χ1n) is 7.73. The number of benzene rings is 2. The van der Waals surface area contributed by atoms with Gasteiger partial charge in [0.2, 0.25) is 0 Å². The largest absolute Gasteiger partial charge is 0.486 e. The van der Waals surface area contributed by atoms with Crippen molar-refractivity contribution < 1.29 is 4.74 Å². The fraction of sp³-hybridized carbons (Fsp3) is 0.278. The maximum Gasteiger partial charge on any atom is 0.148 e. The number of hydrogen-bond donors (Lipinski definition) is 0. The molecule has 0 radical (unpaired) electrons. The Balaban J connectivity index is 1.60. The fourth-order valence-electron chi connectivity index (χ4n) is 2.81. The van der Waals surface area contributed by atoms with Crippen LogP contribution in [0.4, 0.5) is 0 Å². The summed E-state index contributed by atoms with van der Waals surface area (Å²) in [5.74, 6) is 1.86. The highest BCUT2D eigenvalue weighted by Gasteiger charge is 2.51. The van der Waals surface area contributed by atoms with Crippen molar-refractivity contribution in [1.82, 2.24) is 9.55 Å². The Labute approximate surface area is 155 Å². The average Bonchev–Trinajstić information content (AvgIpc) is 3.01. The van der Waals surface area contributed by atoms with Crippen LogP contribution in [-0.4, -0.2) is 13.9 Å². The standard InChI is InChI=1S/C18H15Cl3N2O/c19-13-5-7-14(8-6-13)24-11-17-22-15-3-1-2-4-16(15)23(17)10-12-9-18(12,20)21/h1-8,12H,9-11H2. The highest BCUT2D eigenvalue weighted by atomic mass is 35.5. The molecule has 3 nitrogen and oxygen atoms in total. The second-order valence-electron chi connectivity index (χ2n) is 6.03. The molecule has 124 valence electrons. The van der Waals surface area contributed by atoms with Crippen molar-refractivity contribution in [2.75, 3.05) is 0 Å². The van der Waals surface area contributed by atoms with Gasteiger partial charge in [-0.3, -0.25) is 0 Å². The van der Waals surface area contributed by atoms with Crippen molar-refractivity contribution in [1.29, 1.82) is 0 Å². The van der Waals surface area contributed by atoms with Gasteiger partial charge in [0, 0.05) is 17.5 Å². The van der Waals surface area contributed by atoms with Gasteiger partial charge in [-0.2, -0.15) is 0 Å². The molecular formula is C18H15Cl3N2O. The van der Waals surface area contributed by atoms with Crippen LogP contribution in [-0.2, 0) is 13.2 Å². The van der Waals surface area contributed by atoms with Crippen LogP contribution in [0, 0.1) is 5.92 Å². The summed E-state index contributed by atoms with van der Waals surface area (Å²) in [6.45, 7) is 1.12. The molecule has 0 aliphatic heterocycles. The number of alkyl halides is 2. The number of halogens is 3. The van der Waals surface area contributed by atoms with E-state index in [-0.39, 0.29) is 5.92 Å². The second-order valence-corrected chi connectivity index (χ2v) is 8.01. The van der Waals surface area contributed by atoms with Crippen molar-refractivity contribution in [2.45, 2.75) is 23.9 Å². The molecule has 1 fully saturated rings. The van der Waals surface area contributed by atoms with E-state index in [0.717, 1.165) is 35.6 Å². The summed E-state index contributed by atoms with van der Waals surface area (Å²) in [6, 6.07) is 15.3. The summed E-state index contributed by atoms with van der Waals surface area (Å²) in [5, 5.41) is 0.684. The van der Waals surface area contributed by atoms with Crippen LogP contribution < -0.4 is 4.74 Å². The number of rotatable bonds is 5. The lowest BCUT2D eigenvalue weighted by molar-refractivity contribution is 0.289. The topological polar surface area (TPSA) is 27.1 Å². The summed E-state index contributed by atoms with van der Waals surface area (Å²) in [6.07, 6.45) is 0.806. The van der Waals surface area contributed by atoms with E-state index < -0.39 is 4.33 Å². The molecule has 2 aromatic carbocycles. The Kier molecular flexibility index (Phi) is 4.11. The van der Waals surface area contributed by atoms with E-state index in [1.165, 1.54) is 0 Å². The Morgan fingerprint density at radius 1 is 1.12 bits per heavy atom. The van der Waals surface area contributed by atoms with E-state index in [2.05, 4.69) is 10.6 Å². The number of fused-ring (bicyclic) bond motifs is 1. The van der Waals surface area contributed by atoms with Gasteiger partial charge >= 0.3 is 0 Å². The molecule has 1 aliphatic carbocycles. The van der Waals surface area contributed by atoms with Gasteiger partial charge in [-0.15, -0.1) is 23.2 Å². The molecular weight excluding hydrogens is 367 g/mol. The first-order chi connectivity index (χ1) is 11.5. The van der Waals surface area contributed by atoms with Crippen molar-refractivity contribution in [3.63, 3.8) is 0 Å².